The molecule has 1 fully saturated rings. The maximum absolute atomic E-state index is 13.2. The molecule has 0 aromatic heterocycles. The van der Waals surface area contributed by atoms with E-state index in [0.717, 1.165) is 75.5 Å². The van der Waals surface area contributed by atoms with Crippen LogP contribution in [0.15, 0.2) is 29.4 Å². The Morgan fingerprint density at radius 1 is 1.14 bits per heavy atom. The van der Waals surface area contributed by atoms with E-state index in [1.807, 2.05) is 6.07 Å². The maximum Gasteiger partial charge on any atom is 0.305 e. The molecule has 2 rings (SSSR count). The number of benzene rings is 1. The number of ether oxygens (including phenoxy) is 1. The van der Waals surface area contributed by atoms with Gasteiger partial charge in [-0.05, 0) is 68.6 Å². The third-order valence-electron chi connectivity index (χ3n) is 6.20. The summed E-state index contributed by atoms with van der Waals surface area (Å²) in [5.74, 6) is 0.737. The van der Waals surface area contributed by atoms with Crippen molar-refractivity contribution in [2.75, 3.05) is 7.11 Å². The van der Waals surface area contributed by atoms with Crippen molar-refractivity contribution in [2.45, 2.75) is 83.5 Å². The smallest absolute Gasteiger partial charge is 0.305 e. The normalized spacial score (nSPS) is 20.3. The molecular weight excluding hydrogens is 369 g/mol. The van der Waals surface area contributed by atoms with Crippen LogP contribution in [0.25, 0.3) is 0 Å². The molecule has 1 saturated carbocycles. The van der Waals surface area contributed by atoms with Crippen LogP contribution in [-0.4, -0.2) is 24.0 Å². The van der Waals surface area contributed by atoms with Crippen LogP contribution in [-0.2, 0) is 16.0 Å². The van der Waals surface area contributed by atoms with Gasteiger partial charge < -0.3 is 9.94 Å². The summed E-state index contributed by atoms with van der Waals surface area (Å²) in [5.41, 5.74) is 2.04. The highest BCUT2D eigenvalue weighted by molar-refractivity contribution is 5.88. The predicted octanol–water partition coefficient (Wildman–Crippen LogP) is 6.30. The third kappa shape index (κ3) is 8.55. The fourth-order valence-electron chi connectivity index (χ4n) is 4.56. The van der Waals surface area contributed by atoms with Crippen LogP contribution in [0.3, 0.4) is 0 Å². The molecule has 1 aliphatic rings. The summed E-state index contributed by atoms with van der Waals surface area (Å²) in [6.45, 7) is 0. The number of halogens is 1. The Morgan fingerprint density at radius 3 is 2.66 bits per heavy atom. The van der Waals surface area contributed by atoms with Gasteiger partial charge >= 0.3 is 5.97 Å². The van der Waals surface area contributed by atoms with Gasteiger partial charge in [-0.3, -0.25) is 4.79 Å². The summed E-state index contributed by atoms with van der Waals surface area (Å²) in [6.07, 6.45) is 13.3. The third-order valence-corrected chi connectivity index (χ3v) is 6.20. The number of carbonyl (C=O) groups is 1. The average molecular weight is 406 g/mol. The Kier molecular flexibility index (Phi) is 10.7. The number of unbranched alkanes of at least 4 members (excludes halogenated alkanes) is 5. The molecule has 1 aromatic carbocycles. The van der Waals surface area contributed by atoms with Crippen LogP contribution in [0.4, 0.5) is 4.39 Å². The molecule has 2 atom stereocenters. The van der Waals surface area contributed by atoms with E-state index in [1.54, 1.807) is 12.1 Å². The van der Waals surface area contributed by atoms with Crippen molar-refractivity contribution < 1.29 is 19.1 Å². The monoisotopic (exact) mass is 405 g/mol. The van der Waals surface area contributed by atoms with E-state index in [-0.39, 0.29) is 11.8 Å². The Hall–Kier alpha value is -1.91. The minimum absolute atomic E-state index is 0.123. The van der Waals surface area contributed by atoms with Gasteiger partial charge in [-0.1, -0.05) is 49.4 Å². The second-order valence-corrected chi connectivity index (χ2v) is 8.25. The molecule has 0 heterocycles. The molecule has 0 radical (unpaired) electrons. The van der Waals surface area contributed by atoms with Crippen molar-refractivity contribution in [3.05, 3.63) is 35.6 Å². The van der Waals surface area contributed by atoms with E-state index in [9.17, 15) is 14.4 Å². The van der Waals surface area contributed by atoms with Crippen molar-refractivity contribution in [2.24, 2.45) is 17.0 Å². The van der Waals surface area contributed by atoms with Gasteiger partial charge in [-0.25, -0.2) is 4.39 Å². The lowest BCUT2D eigenvalue weighted by Gasteiger charge is -2.19. The number of rotatable bonds is 13. The SMILES string of the molecule is COC(=O)CCCCCC[C@H]1CC/C(=N/O)[C@@H]1CCCCCc1cccc(F)c1. The second kappa shape index (κ2) is 13.3. The minimum atomic E-state index is -0.162. The molecule has 5 heteroatoms. The van der Waals surface area contributed by atoms with E-state index in [2.05, 4.69) is 9.89 Å². The first-order valence-electron chi connectivity index (χ1n) is 11.2. The van der Waals surface area contributed by atoms with E-state index in [1.165, 1.54) is 26.0 Å². The van der Waals surface area contributed by atoms with Gasteiger partial charge in [0, 0.05) is 12.3 Å². The zero-order chi connectivity index (χ0) is 20.9. The highest BCUT2D eigenvalue weighted by Gasteiger charge is 2.32. The van der Waals surface area contributed by atoms with Crippen molar-refractivity contribution in [1.82, 2.24) is 0 Å². The second-order valence-electron chi connectivity index (χ2n) is 8.25. The molecule has 0 spiro atoms. The summed E-state index contributed by atoms with van der Waals surface area (Å²) < 4.78 is 17.9. The lowest BCUT2D eigenvalue weighted by Crippen LogP contribution is -2.15. The number of nitrogens with zero attached hydrogens (tertiary/aromatic N) is 1. The molecular formula is C24H36FNO3. The van der Waals surface area contributed by atoms with Crippen LogP contribution in [0.5, 0.6) is 0 Å². The lowest BCUT2D eigenvalue weighted by molar-refractivity contribution is -0.140. The Balaban J connectivity index is 1.63. The molecule has 0 aliphatic heterocycles. The van der Waals surface area contributed by atoms with Crippen molar-refractivity contribution in [3.8, 4) is 0 Å². The molecule has 1 N–H and O–H groups in total. The van der Waals surface area contributed by atoms with Crippen LogP contribution in [0, 0.1) is 17.7 Å². The Labute approximate surface area is 174 Å². The van der Waals surface area contributed by atoms with E-state index in [0.29, 0.717) is 18.3 Å². The first-order chi connectivity index (χ1) is 14.1. The first-order valence-corrected chi connectivity index (χ1v) is 11.2. The Morgan fingerprint density at radius 2 is 1.90 bits per heavy atom. The van der Waals surface area contributed by atoms with E-state index < -0.39 is 0 Å². The standard InChI is InChI=1S/C24H36FNO3/c1-29-24(27)15-8-3-2-6-12-20-16-17-23(26-28)22(20)14-7-4-5-10-19-11-9-13-21(25)18-19/h9,11,13,18,20,22,28H,2-8,10,12,14-17H2,1H3/b26-23-/t20-,22+/m0/s1. The van der Waals surface area contributed by atoms with Crippen LogP contribution in [0.2, 0.25) is 0 Å². The Bertz CT molecular complexity index is 647. The zero-order valence-electron chi connectivity index (χ0n) is 17.7. The summed E-state index contributed by atoms with van der Waals surface area (Å²) >= 11 is 0. The van der Waals surface area contributed by atoms with Gasteiger partial charge in [-0.2, -0.15) is 0 Å². The van der Waals surface area contributed by atoms with Gasteiger partial charge in [0.15, 0.2) is 0 Å². The number of hydrogen-bond acceptors (Lipinski definition) is 4. The maximum atomic E-state index is 13.2. The number of aryl methyl sites for hydroxylation is 1. The number of esters is 1. The number of carbonyl (C=O) groups excluding carboxylic acids is 1. The van der Waals surface area contributed by atoms with Crippen LogP contribution >= 0.6 is 0 Å². The fourth-order valence-corrected chi connectivity index (χ4v) is 4.56. The number of methoxy groups -OCH3 is 1. The molecule has 1 aliphatic carbocycles. The fraction of sp³-hybridized carbons (Fsp3) is 0.667. The van der Waals surface area contributed by atoms with Gasteiger partial charge in [0.1, 0.15) is 5.82 Å². The predicted molar refractivity (Wildman–Crippen MR) is 114 cm³/mol. The molecule has 0 saturated heterocycles. The average Bonchev–Trinajstić information content (AvgIpc) is 3.12. The molecule has 29 heavy (non-hydrogen) atoms. The van der Waals surface area contributed by atoms with Crippen molar-refractivity contribution >= 4 is 11.7 Å². The largest absolute Gasteiger partial charge is 0.469 e. The summed E-state index contributed by atoms with van der Waals surface area (Å²) in [6, 6.07) is 6.86. The summed E-state index contributed by atoms with van der Waals surface area (Å²) in [4.78, 5) is 11.1. The van der Waals surface area contributed by atoms with Crippen LogP contribution in [0.1, 0.15) is 82.6 Å². The van der Waals surface area contributed by atoms with E-state index >= 15 is 0 Å². The first kappa shape index (κ1) is 23.4. The zero-order valence-corrected chi connectivity index (χ0v) is 17.7. The van der Waals surface area contributed by atoms with Gasteiger partial charge in [0.2, 0.25) is 0 Å². The van der Waals surface area contributed by atoms with Crippen molar-refractivity contribution in [1.29, 1.82) is 0 Å². The summed E-state index contributed by atoms with van der Waals surface area (Å²) in [5, 5.41) is 12.9. The van der Waals surface area contributed by atoms with E-state index in [4.69, 9.17) is 0 Å². The molecule has 1 aromatic rings. The topological polar surface area (TPSA) is 58.9 Å². The number of hydrogen-bond donors (Lipinski definition) is 1. The highest BCUT2D eigenvalue weighted by Crippen LogP contribution is 2.37. The molecule has 0 amide bonds. The molecule has 0 unspecified atom stereocenters. The highest BCUT2D eigenvalue weighted by atomic mass is 19.1. The van der Waals surface area contributed by atoms with Crippen LogP contribution < -0.4 is 0 Å². The summed E-state index contributed by atoms with van der Waals surface area (Å²) in [7, 11) is 1.43. The van der Waals surface area contributed by atoms with Crippen molar-refractivity contribution in [3.63, 3.8) is 0 Å². The van der Waals surface area contributed by atoms with Gasteiger partial charge in [0.05, 0.1) is 12.8 Å². The minimum Gasteiger partial charge on any atom is -0.469 e. The van der Waals surface area contributed by atoms with Gasteiger partial charge in [0.25, 0.3) is 0 Å². The molecule has 0 bridgehead atoms. The lowest BCUT2D eigenvalue weighted by atomic mass is 9.86. The quantitative estimate of drug-likeness (QED) is 0.181. The molecule has 4 nitrogen and oxygen atoms in total. The molecule has 162 valence electrons. The van der Waals surface area contributed by atoms with Gasteiger partial charge in [-0.15, -0.1) is 0 Å². The number of oxime groups is 1.